The largest absolute Gasteiger partial charge is 0.497 e. The van der Waals surface area contributed by atoms with Gasteiger partial charge in [0.25, 0.3) is 5.91 Å². The topological polar surface area (TPSA) is 47.6 Å². The molecule has 0 fully saturated rings. The molecular formula is C20H19NO3. The van der Waals surface area contributed by atoms with Crippen molar-refractivity contribution in [1.82, 2.24) is 5.32 Å². The summed E-state index contributed by atoms with van der Waals surface area (Å²) in [6.45, 7) is 0.479. The van der Waals surface area contributed by atoms with Crippen molar-refractivity contribution in [1.29, 1.82) is 0 Å². The smallest absolute Gasteiger partial charge is 0.251 e. The van der Waals surface area contributed by atoms with Crippen LogP contribution < -0.4 is 14.8 Å². The molecule has 0 heterocycles. The van der Waals surface area contributed by atoms with Gasteiger partial charge in [0.15, 0.2) is 0 Å². The summed E-state index contributed by atoms with van der Waals surface area (Å²) in [7, 11) is 3.26. The normalized spacial score (nSPS) is 10.4. The van der Waals surface area contributed by atoms with Crippen LogP contribution in [0.4, 0.5) is 0 Å². The number of nitrogens with one attached hydrogen (secondary N) is 1. The zero-order valence-electron chi connectivity index (χ0n) is 13.7. The molecule has 4 nitrogen and oxygen atoms in total. The second-order valence-corrected chi connectivity index (χ2v) is 5.46. The van der Waals surface area contributed by atoms with E-state index in [0.717, 1.165) is 27.8 Å². The Balaban J connectivity index is 1.69. The van der Waals surface area contributed by atoms with E-state index in [1.807, 2.05) is 30.3 Å². The number of benzene rings is 3. The molecule has 122 valence electrons. The van der Waals surface area contributed by atoms with Crippen LogP contribution in [0.2, 0.25) is 0 Å². The molecule has 0 bridgehead atoms. The minimum Gasteiger partial charge on any atom is -0.497 e. The third-order valence-corrected chi connectivity index (χ3v) is 3.92. The van der Waals surface area contributed by atoms with Gasteiger partial charge in [-0.05, 0) is 58.8 Å². The number of ether oxygens (including phenoxy) is 2. The van der Waals surface area contributed by atoms with E-state index < -0.39 is 0 Å². The van der Waals surface area contributed by atoms with Crippen molar-refractivity contribution in [2.24, 2.45) is 0 Å². The fraction of sp³-hybridized carbons (Fsp3) is 0.150. The summed E-state index contributed by atoms with van der Waals surface area (Å²) in [5.41, 5.74) is 1.66. The lowest BCUT2D eigenvalue weighted by Gasteiger charge is -2.08. The number of amides is 1. The van der Waals surface area contributed by atoms with Gasteiger partial charge in [0, 0.05) is 12.1 Å². The van der Waals surface area contributed by atoms with Gasteiger partial charge in [-0.2, -0.15) is 0 Å². The van der Waals surface area contributed by atoms with Crippen LogP contribution in [0.25, 0.3) is 10.8 Å². The Kier molecular flexibility index (Phi) is 4.66. The predicted octanol–water partition coefficient (Wildman–Crippen LogP) is 3.79. The van der Waals surface area contributed by atoms with E-state index >= 15 is 0 Å². The molecule has 1 amide bonds. The Labute approximate surface area is 141 Å². The Hall–Kier alpha value is -3.01. The third-order valence-electron chi connectivity index (χ3n) is 3.92. The highest BCUT2D eigenvalue weighted by Crippen LogP contribution is 2.22. The number of carbonyl (C=O) groups excluding carboxylic acids is 1. The van der Waals surface area contributed by atoms with Gasteiger partial charge < -0.3 is 14.8 Å². The highest BCUT2D eigenvalue weighted by molar-refractivity contribution is 5.94. The van der Waals surface area contributed by atoms with Crippen molar-refractivity contribution in [3.63, 3.8) is 0 Å². The summed E-state index contributed by atoms with van der Waals surface area (Å²) in [6.07, 6.45) is 0. The van der Waals surface area contributed by atoms with Gasteiger partial charge in [-0.15, -0.1) is 0 Å². The first kappa shape index (κ1) is 15.9. The average molecular weight is 321 g/mol. The highest BCUT2D eigenvalue weighted by Gasteiger charge is 2.06. The maximum absolute atomic E-state index is 12.2. The van der Waals surface area contributed by atoms with E-state index in [0.29, 0.717) is 12.1 Å². The van der Waals surface area contributed by atoms with Crippen LogP contribution >= 0.6 is 0 Å². The maximum Gasteiger partial charge on any atom is 0.251 e. The first-order chi connectivity index (χ1) is 11.7. The molecule has 0 saturated carbocycles. The number of fused-ring (bicyclic) bond motifs is 1. The molecule has 0 aliphatic carbocycles. The molecule has 0 atom stereocenters. The predicted molar refractivity (Wildman–Crippen MR) is 94.7 cm³/mol. The van der Waals surface area contributed by atoms with Crippen molar-refractivity contribution < 1.29 is 14.3 Å². The minimum atomic E-state index is -0.104. The molecule has 1 N–H and O–H groups in total. The van der Waals surface area contributed by atoms with Gasteiger partial charge in [0.05, 0.1) is 14.2 Å². The molecule has 3 aromatic carbocycles. The monoisotopic (exact) mass is 321 g/mol. The summed E-state index contributed by atoms with van der Waals surface area (Å²) in [5, 5.41) is 5.16. The van der Waals surface area contributed by atoms with E-state index in [1.165, 1.54) is 0 Å². The first-order valence-corrected chi connectivity index (χ1v) is 7.68. The Bertz CT molecular complexity index is 856. The van der Waals surface area contributed by atoms with Crippen LogP contribution in [0.15, 0.2) is 60.7 Å². The quantitative estimate of drug-likeness (QED) is 0.778. The Morgan fingerprint density at radius 1 is 0.833 bits per heavy atom. The SMILES string of the molecule is COc1ccc(C(=O)NCc2ccc3cc(OC)ccc3c2)cc1. The lowest BCUT2D eigenvalue weighted by atomic mass is 10.1. The number of rotatable bonds is 5. The number of carbonyl (C=O) groups is 1. The molecule has 0 aliphatic rings. The van der Waals surface area contributed by atoms with Crippen molar-refractivity contribution in [3.05, 3.63) is 71.8 Å². The molecule has 3 rings (SSSR count). The second-order valence-electron chi connectivity index (χ2n) is 5.46. The maximum atomic E-state index is 12.2. The van der Waals surface area contributed by atoms with Gasteiger partial charge in [-0.3, -0.25) is 4.79 Å². The van der Waals surface area contributed by atoms with E-state index in [4.69, 9.17) is 9.47 Å². The summed E-state index contributed by atoms with van der Waals surface area (Å²) >= 11 is 0. The molecule has 0 aromatic heterocycles. The van der Waals surface area contributed by atoms with Gasteiger partial charge in [-0.1, -0.05) is 18.2 Å². The molecular weight excluding hydrogens is 302 g/mol. The second kappa shape index (κ2) is 7.04. The van der Waals surface area contributed by atoms with Crippen molar-refractivity contribution in [2.45, 2.75) is 6.54 Å². The summed E-state index contributed by atoms with van der Waals surface area (Å²) in [4.78, 5) is 12.2. The highest BCUT2D eigenvalue weighted by atomic mass is 16.5. The minimum absolute atomic E-state index is 0.104. The van der Waals surface area contributed by atoms with Crippen molar-refractivity contribution in [3.8, 4) is 11.5 Å². The van der Waals surface area contributed by atoms with E-state index in [-0.39, 0.29) is 5.91 Å². The Morgan fingerprint density at radius 2 is 1.46 bits per heavy atom. The number of hydrogen-bond acceptors (Lipinski definition) is 3. The van der Waals surface area contributed by atoms with Crippen LogP contribution in [0.5, 0.6) is 11.5 Å². The number of hydrogen-bond donors (Lipinski definition) is 1. The van der Waals surface area contributed by atoms with Gasteiger partial charge >= 0.3 is 0 Å². The molecule has 4 heteroatoms. The molecule has 0 spiro atoms. The van der Waals surface area contributed by atoms with Crippen LogP contribution in [0.3, 0.4) is 0 Å². The number of methoxy groups -OCH3 is 2. The zero-order chi connectivity index (χ0) is 16.9. The van der Waals surface area contributed by atoms with Crippen molar-refractivity contribution in [2.75, 3.05) is 14.2 Å². The fourth-order valence-corrected chi connectivity index (χ4v) is 2.54. The molecule has 3 aromatic rings. The standard InChI is InChI=1S/C20H19NO3/c1-23-18-8-5-15(6-9-18)20(22)21-13-14-3-4-17-12-19(24-2)10-7-16(17)11-14/h3-12H,13H2,1-2H3,(H,21,22). The third kappa shape index (κ3) is 3.49. The summed E-state index contributed by atoms with van der Waals surface area (Å²) in [6, 6.07) is 19.1. The first-order valence-electron chi connectivity index (χ1n) is 7.68. The van der Waals surface area contributed by atoms with Gasteiger partial charge in [0.1, 0.15) is 11.5 Å². The lowest BCUT2D eigenvalue weighted by Crippen LogP contribution is -2.22. The van der Waals surface area contributed by atoms with Crippen LogP contribution in [0, 0.1) is 0 Å². The zero-order valence-corrected chi connectivity index (χ0v) is 13.7. The van der Waals surface area contributed by atoms with E-state index in [1.54, 1.807) is 38.5 Å². The van der Waals surface area contributed by atoms with Gasteiger partial charge in [0.2, 0.25) is 0 Å². The Morgan fingerprint density at radius 3 is 2.17 bits per heavy atom. The molecule has 24 heavy (non-hydrogen) atoms. The van der Waals surface area contributed by atoms with Crippen molar-refractivity contribution >= 4 is 16.7 Å². The van der Waals surface area contributed by atoms with Gasteiger partial charge in [-0.25, -0.2) is 0 Å². The average Bonchev–Trinajstić information content (AvgIpc) is 2.65. The van der Waals surface area contributed by atoms with E-state index in [2.05, 4.69) is 11.4 Å². The fourth-order valence-electron chi connectivity index (χ4n) is 2.54. The summed E-state index contributed by atoms with van der Waals surface area (Å²) < 4.78 is 10.3. The molecule has 0 saturated heterocycles. The lowest BCUT2D eigenvalue weighted by molar-refractivity contribution is 0.0951. The summed E-state index contributed by atoms with van der Waals surface area (Å²) in [5.74, 6) is 1.46. The van der Waals surface area contributed by atoms with E-state index in [9.17, 15) is 4.79 Å². The van der Waals surface area contributed by atoms with Crippen LogP contribution in [0.1, 0.15) is 15.9 Å². The van der Waals surface area contributed by atoms with Crippen LogP contribution in [-0.4, -0.2) is 20.1 Å². The molecule has 0 aliphatic heterocycles. The van der Waals surface area contributed by atoms with Crippen LogP contribution in [-0.2, 0) is 6.54 Å². The molecule has 0 radical (unpaired) electrons. The molecule has 0 unspecified atom stereocenters.